The average Bonchev–Trinajstić information content (AvgIpc) is 2.84. The Morgan fingerprint density at radius 2 is 1.19 bits per heavy atom. The summed E-state index contributed by atoms with van der Waals surface area (Å²) >= 11 is 0. The van der Waals surface area contributed by atoms with E-state index in [0.29, 0.717) is 22.9 Å². The van der Waals surface area contributed by atoms with Crippen molar-refractivity contribution in [3.63, 3.8) is 0 Å². The van der Waals surface area contributed by atoms with Crippen LogP contribution in [-0.2, 0) is 11.2 Å². The Bertz CT molecular complexity index is 1560. The highest BCUT2D eigenvalue weighted by Gasteiger charge is 2.12. The van der Waals surface area contributed by atoms with Gasteiger partial charge in [0.15, 0.2) is 11.6 Å². The van der Waals surface area contributed by atoms with Gasteiger partial charge in [-0.2, -0.15) is 0 Å². The maximum Gasteiger partial charge on any atom is 0.166 e. The summed E-state index contributed by atoms with van der Waals surface area (Å²) in [6.07, 6.45) is 0.311. The second kappa shape index (κ2) is 10.6. The van der Waals surface area contributed by atoms with Crippen molar-refractivity contribution in [1.82, 2.24) is 0 Å². The van der Waals surface area contributed by atoms with Gasteiger partial charge in [0.2, 0.25) is 0 Å². The molecule has 0 radical (unpaired) electrons. The number of rotatable bonds is 3. The Balaban J connectivity index is 1.61. The molecule has 0 N–H and O–H groups in total. The molecule has 4 aromatic rings. The van der Waals surface area contributed by atoms with Crippen LogP contribution in [0.2, 0.25) is 0 Å². The number of halogens is 6. The molecule has 36 heavy (non-hydrogen) atoms. The van der Waals surface area contributed by atoms with E-state index in [0.717, 1.165) is 30.3 Å². The molecule has 0 unspecified atom stereocenters. The van der Waals surface area contributed by atoms with Crippen molar-refractivity contribution in [2.45, 2.75) is 6.42 Å². The number of methoxy groups -OCH3 is 1. The summed E-state index contributed by atoms with van der Waals surface area (Å²) in [4.78, 5) is 0. The zero-order valence-corrected chi connectivity index (χ0v) is 18.8. The molecule has 0 atom stereocenters. The molecule has 4 aromatic carbocycles. The van der Waals surface area contributed by atoms with Crippen molar-refractivity contribution < 1.29 is 31.1 Å². The summed E-state index contributed by atoms with van der Waals surface area (Å²) < 4.78 is 89.7. The Morgan fingerprint density at radius 1 is 0.611 bits per heavy atom. The third kappa shape index (κ3) is 5.38. The van der Waals surface area contributed by atoms with Crippen LogP contribution in [0.15, 0.2) is 54.6 Å². The second-order valence-electron chi connectivity index (χ2n) is 7.79. The highest BCUT2D eigenvalue weighted by atomic mass is 19.2. The smallest absolute Gasteiger partial charge is 0.166 e. The molecule has 0 heterocycles. The van der Waals surface area contributed by atoms with Crippen LogP contribution in [0, 0.1) is 58.6 Å². The van der Waals surface area contributed by atoms with Crippen LogP contribution in [0.4, 0.5) is 26.3 Å². The van der Waals surface area contributed by atoms with Gasteiger partial charge in [0.1, 0.15) is 23.3 Å². The average molecular weight is 494 g/mol. The van der Waals surface area contributed by atoms with Crippen LogP contribution >= 0.6 is 0 Å². The van der Waals surface area contributed by atoms with Gasteiger partial charge in [0.25, 0.3) is 0 Å². The van der Waals surface area contributed by atoms with E-state index in [2.05, 4.69) is 23.7 Å². The molecule has 0 aliphatic carbocycles. The molecule has 0 spiro atoms. The van der Waals surface area contributed by atoms with Crippen LogP contribution in [0.3, 0.4) is 0 Å². The largest absolute Gasteiger partial charge is 0.384 e. The molecule has 180 valence electrons. The van der Waals surface area contributed by atoms with Crippen LogP contribution in [-0.4, -0.2) is 13.7 Å². The molecule has 0 bridgehead atoms. The summed E-state index contributed by atoms with van der Waals surface area (Å²) in [5, 5.41) is 0.428. The fourth-order valence-corrected chi connectivity index (χ4v) is 3.49. The quantitative estimate of drug-likeness (QED) is 0.229. The lowest BCUT2D eigenvalue weighted by Crippen LogP contribution is -1.99. The summed E-state index contributed by atoms with van der Waals surface area (Å²) in [5.74, 6) is 3.82. The third-order valence-electron chi connectivity index (χ3n) is 5.31. The Hall–Kier alpha value is -4.20. The normalized spacial score (nSPS) is 10.5. The van der Waals surface area contributed by atoms with E-state index in [1.807, 2.05) is 0 Å². The highest BCUT2D eigenvalue weighted by Crippen LogP contribution is 2.22. The Kier molecular flexibility index (Phi) is 7.33. The topological polar surface area (TPSA) is 9.23 Å². The Labute approximate surface area is 203 Å². The van der Waals surface area contributed by atoms with Gasteiger partial charge in [0.05, 0.1) is 17.7 Å². The van der Waals surface area contributed by atoms with Crippen molar-refractivity contribution in [2.75, 3.05) is 13.7 Å². The van der Waals surface area contributed by atoms with Gasteiger partial charge in [-0.25, -0.2) is 26.3 Å². The molecule has 1 nitrogen and oxygen atoms in total. The number of benzene rings is 4. The fourth-order valence-electron chi connectivity index (χ4n) is 3.49. The molecule has 0 aliphatic rings. The van der Waals surface area contributed by atoms with Crippen LogP contribution in [0.5, 0.6) is 0 Å². The van der Waals surface area contributed by atoms with E-state index in [1.54, 1.807) is 0 Å². The zero-order chi connectivity index (χ0) is 25.8. The second-order valence-corrected chi connectivity index (χ2v) is 7.79. The lowest BCUT2D eigenvalue weighted by Gasteiger charge is -2.04. The van der Waals surface area contributed by atoms with Gasteiger partial charge >= 0.3 is 0 Å². The molecule has 0 aromatic heterocycles. The minimum atomic E-state index is -1.02. The predicted molar refractivity (Wildman–Crippen MR) is 124 cm³/mol. The van der Waals surface area contributed by atoms with Crippen molar-refractivity contribution >= 4 is 10.8 Å². The molecular weight excluding hydrogens is 478 g/mol. The maximum atomic E-state index is 14.6. The predicted octanol–water partition coefficient (Wildman–Crippen LogP) is 6.66. The van der Waals surface area contributed by atoms with E-state index < -0.39 is 46.0 Å². The van der Waals surface area contributed by atoms with Gasteiger partial charge in [-0.3, -0.25) is 0 Å². The Morgan fingerprint density at radius 3 is 1.81 bits per heavy atom. The summed E-state index contributed by atoms with van der Waals surface area (Å²) in [6.45, 7) is 0.289. The van der Waals surface area contributed by atoms with E-state index >= 15 is 0 Å². The molecule has 7 heteroatoms. The fraction of sp³-hybridized carbons (Fsp3) is 0.103. The van der Waals surface area contributed by atoms with Gasteiger partial charge in [0, 0.05) is 23.6 Å². The molecule has 0 saturated carbocycles. The van der Waals surface area contributed by atoms with E-state index in [1.165, 1.54) is 31.4 Å². The van der Waals surface area contributed by atoms with Crippen molar-refractivity contribution in [3.8, 4) is 23.7 Å². The summed E-state index contributed by atoms with van der Waals surface area (Å²) in [6, 6.07) is 10.6. The number of hydrogen-bond acceptors (Lipinski definition) is 1. The SMILES string of the molecule is COCCc1cc(F)c(C#Cc2cc(F)c(C#Cc3ccc4c(F)c(F)ccc4c3)c(F)c2)c(F)c1. The van der Waals surface area contributed by atoms with Crippen LogP contribution in [0.25, 0.3) is 10.8 Å². The van der Waals surface area contributed by atoms with Crippen molar-refractivity contribution in [2.24, 2.45) is 0 Å². The van der Waals surface area contributed by atoms with E-state index in [-0.39, 0.29) is 17.6 Å². The molecule has 0 aliphatic heterocycles. The van der Waals surface area contributed by atoms with Gasteiger partial charge < -0.3 is 4.74 Å². The third-order valence-corrected chi connectivity index (χ3v) is 5.31. The van der Waals surface area contributed by atoms with Crippen LogP contribution in [0.1, 0.15) is 27.8 Å². The maximum absolute atomic E-state index is 14.6. The molecular formula is C29H16F6O. The van der Waals surface area contributed by atoms with E-state index in [4.69, 9.17) is 4.74 Å². The minimum Gasteiger partial charge on any atom is -0.384 e. The zero-order valence-electron chi connectivity index (χ0n) is 18.8. The first-order chi connectivity index (χ1) is 17.3. The standard InChI is InChI=1S/C29H16F6O/c1-36-11-10-19-15-27(33)23(28(34)16-19)8-4-18-13-25(31)22(26(32)14-18)7-3-17-2-6-21-20(12-17)5-9-24(30)29(21)35/h2,5-6,9,12-16H,10-11H2,1H3. The van der Waals surface area contributed by atoms with Crippen molar-refractivity contribution in [1.29, 1.82) is 0 Å². The lowest BCUT2D eigenvalue weighted by molar-refractivity contribution is 0.202. The first kappa shape index (κ1) is 24.9. The van der Waals surface area contributed by atoms with Gasteiger partial charge in [-0.1, -0.05) is 35.8 Å². The first-order valence-electron chi connectivity index (χ1n) is 10.6. The molecule has 0 fully saturated rings. The summed E-state index contributed by atoms with van der Waals surface area (Å²) in [7, 11) is 1.47. The minimum absolute atomic E-state index is 0.0540. The van der Waals surface area contributed by atoms with Gasteiger partial charge in [-0.05, 0) is 59.8 Å². The number of fused-ring (bicyclic) bond motifs is 1. The lowest BCUT2D eigenvalue weighted by atomic mass is 10.1. The van der Waals surface area contributed by atoms with Gasteiger partial charge in [-0.15, -0.1) is 0 Å². The first-order valence-corrected chi connectivity index (χ1v) is 10.6. The summed E-state index contributed by atoms with van der Waals surface area (Å²) in [5.41, 5.74) is -0.475. The molecule has 0 amide bonds. The monoisotopic (exact) mass is 494 g/mol. The molecule has 4 rings (SSSR count). The molecule has 0 saturated heterocycles. The van der Waals surface area contributed by atoms with Crippen LogP contribution < -0.4 is 0 Å². The van der Waals surface area contributed by atoms with E-state index in [9.17, 15) is 26.3 Å². The van der Waals surface area contributed by atoms with Crippen molar-refractivity contribution in [3.05, 3.63) is 117 Å². The number of ether oxygens (including phenoxy) is 1. The highest BCUT2D eigenvalue weighted by molar-refractivity contribution is 5.84. The number of hydrogen-bond donors (Lipinski definition) is 0.